The van der Waals surface area contributed by atoms with E-state index in [4.69, 9.17) is 10.8 Å². The van der Waals surface area contributed by atoms with E-state index in [-0.39, 0.29) is 12.1 Å². The van der Waals surface area contributed by atoms with E-state index in [1.165, 1.54) is 6.42 Å². The first-order valence-corrected chi connectivity index (χ1v) is 3.22. The van der Waals surface area contributed by atoms with Crippen LogP contribution in [0.15, 0.2) is 0 Å². The van der Waals surface area contributed by atoms with Gasteiger partial charge in [-0.3, -0.25) is 0 Å². The van der Waals surface area contributed by atoms with Crippen LogP contribution in [0.3, 0.4) is 0 Å². The normalized spacial score (nSPS) is 60.8. The Morgan fingerprint density at radius 2 is 2.12 bits per heavy atom. The summed E-state index contributed by atoms with van der Waals surface area (Å²) in [5.41, 5.74) is 5.61. The predicted octanol–water partition coefficient (Wildman–Crippen LogP) is -0.286. The van der Waals surface area contributed by atoms with Crippen LogP contribution in [-0.2, 0) is 0 Å². The molecule has 2 rings (SSSR count). The number of hydrogen-bond donors (Lipinski definition) is 2. The lowest BCUT2D eigenvalue weighted by Gasteiger charge is -2.09. The zero-order valence-corrected chi connectivity index (χ0v) is 4.75. The lowest BCUT2D eigenvalue weighted by Crippen LogP contribution is -2.32. The summed E-state index contributed by atoms with van der Waals surface area (Å²) in [6.45, 7) is 0. The molecular weight excluding hydrogens is 102 g/mol. The highest BCUT2D eigenvalue weighted by atomic mass is 16.3. The molecule has 3 N–H and O–H groups in total. The first-order valence-electron chi connectivity index (χ1n) is 3.22. The number of aliphatic hydroxyl groups excluding tert-OH is 1. The Kier molecular flexibility index (Phi) is 0.746. The van der Waals surface area contributed by atoms with Crippen LogP contribution in [0.2, 0.25) is 0 Å². The third-order valence-electron chi connectivity index (χ3n) is 2.46. The minimum absolute atomic E-state index is 0.111. The molecule has 0 unspecified atom stereocenters. The molecule has 8 heavy (non-hydrogen) atoms. The second-order valence-electron chi connectivity index (χ2n) is 3.04. The van der Waals surface area contributed by atoms with Crippen molar-refractivity contribution >= 4 is 0 Å². The molecule has 2 fully saturated rings. The fraction of sp³-hybridized carbons (Fsp3) is 1.00. The summed E-state index contributed by atoms with van der Waals surface area (Å²) in [6.07, 6.45) is 2.06. The van der Waals surface area contributed by atoms with Crippen molar-refractivity contribution in [2.24, 2.45) is 17.6 Å². The Hall–Kier alpha value is -0.0800. The van der Waals surface area contributed by atoms with E-state index in [1.807, 2.05) is 0 Å². The maximum Gasteiger partial charge on any atom is 0.0696 e. The van der Waals surface area contributed by atoms with Gasteiger partial charge >= 0.3 is 0 Å². The van der Waals surface area contributed by atoms with Crippen molar-refractivity contribution in [3.05, 3.63) is 0 Å². The average molecular weight is 113 g/mol. The summed E-state index contributed by atoms with van der Waals surface area (Å²) >= 11 is 0. The number of aliphatic hydroxyl groups is 1. The second kappa shape index (κ2) is 1.25. The average Bonchev–Trinajstić information content (AvgIpc) is 2.39. The van der Waals surface area contributed by atoms with Crippen LogP contribution in [-0.4, -0.2) is 17.3 Å². The maximum atomic E-state index is 9.07. The van der Waals surface area contributed by atoms with Crippen LogP contribution in [0.4, 0.5) is 0 Å². The fourth-order valence-electron chi connectivity index (χ4n) is 1.77. The molecule has 4 atom stereocenters. The van der Waals surface area contributed by atoms with Crippen molar-refractivity contribution < 1.29 is 5.11 Å². The van der Waals surface area contributed by atoms with Crippen LogP contribution >= 0.6 is 0 Å². The Bertz CT molecular complexity index is 113. The largest absolute Gasteiger partial charge is 0.391 e. The molecule has 0 saturated heterocycles. The second-order valence-corrected chi connectivity index (χ2v) is 3.04. The van der Waals surface area contributed by atoms with Crippen LogP contribution in [0.5, 0.6) is 0 Å². The summed E-state index contributed by atoms with van der Waals surface area (Å²) in [7, 11) is 0. The summed E-state index contributed by atoms with van der Waals surface area (Å²) < 4.78 is 0. The molecule has 0 amide bonds. The minimum Gasteiger partial charge on any atom is -0.391 e. The SMILES string of the molecule is N[C@@H]1[C@H]2C[C@H]2C[C@H]1O. The molecule has 0 heterocycles. The van der Waals surface area contributed by atoms with Crippen LogP contribution in [0, 0.1) is 11.8 Å². The first kappa shape index (κ1) is 4.77. The van der Waals surface area contributed by atoms with Gasteiger partial charge in [0.15, 0.2) is 0 Å². The molecule has 0 aromatic heterocycles. The zero-order valence-electron chi connectivity index (χ0n) is 4.75. The number of hydrogen-bond acceptors (Lipinski definition) is 2. The van der Waals surface area contributed by atoms with Gasteiger partial charge in [0.1, 0.15) is 0 Å². The van der Waals surface area contributed by atoms with Gasteiger partial charge in [0.05, 0.1) is 6.10 Å². The van der Waals surface area contributed by atoms with Gasteiger partial charge in [0.2, 0.25) is 0 Å². The quantitative estimate of drug-likeness (QED) is 0.453. The fourth-order valence-corrected chi connectivity index (χ4v) is 1.77. The third kappa shape index (κ3) is 0.446. The number of rotatable bonds is 0. The molecule has 46 valence electrons. The summed E-state index contributed by atoms with van der Waals surface area (Å²) in [5, 5.41) is 9.07. The summed E-state index contributed by atoms with van der Waals surface area (Å²) in [5.74, 6) is 1.48. The lowest BCUT2D eigenvalue weighted by molar-refractivity contribution is 0.149. The highest BCUT2D eigenvalue weighted by Gasteiger charge is 2.51. The van der Waals surface area contributed by atoms with Crippen LogP contribution in [0.1, 0.15) is 12.8 Å². The van der Waals surface area contributed by atoms with E-state index >= 15 is 0 Å². The maximum absolute atomic E-state index is 9.07. The molecule has 2 aliphatic carbocycles. The van der Waals surface area contributed by atoms with Crippen molar-refractivity contribution in [3.8, 4) is 0 Å². The third-order valence-corrected chi connectivity index (χ3v) is 2.46. The molecule has 0 aromatic carbocycles. The molecule has 0 bridgehead atoms. The minimum atomic E-state index is -0.182. The zero-order chi connectivity index (χ0) is 5.72. The van der Waals surface area contributed by atoms with Crippen molar-refractivity contribution in [1.29, 1.82) is 0 Å². The molecule has 2 aliphatic rings. The Labute approximate surface area is 48.7 Å². The molecule has 0 aromatic rings. The van der Waals surface area contributed by atoms with E-state index < -0.39 is 0 Å². The van der Waals surface area contributed by atoms with Gasteiger partial charge in [-0.2, -0.15) is 0 Å². The van der Waals surface area contributed by atoms with Crippen molar-refractivity contribution in [2.45, 2.75) is 25.0 Å². The topological polar surface area (TPSA) is 46.2 Å². The van der Waals surface area contributed by atoms with Crippen LogP contribution < -0.4 is 5.73 Å². The van der Waals surface area contributed by atoms with E-state index in [0.717, 1.165) is 12.3 Å². The van der Waals surface area contributed by atoms with Gasteiger partial charge in [-0.1, -0.05) is 0 Å². The van der Waals surface area contributed by atoms with E-state index in [0.29, 0.717) is 5.92 Å². The molecular formula is C6H11NO. The highest BCUT2D eigenvalue weighted by molar-refractivity contribution is 5.04. The summed E-state index contributed by atoms with van der Waals surface area (Å²) in [4.78, 5) is 0. The molecule has 0 radical (unpaired) electrons. The van der Waals surface area contributed by atoms with E-state index in [2.05, 4.69) is 0 Å². The molecule has 0 spiro atoms. The van der Waals surface area contributed by atoms with Gasteiger partial charge < -0.3 is 10.8 Å². The molecule has 2 nitrogen and oxygen atoms in total. The Balaban J connectivity index is 2.08. The first-order chi connectivity index (χ1) is 3.79. The predicted molar refractivity (Wildman–Crippen MR) is 30.2 cm³/mol. The Morgan fingerprint density at radius 3 is 2.38 bits per heavy atom. The van der Waals surface area contributed by atoms with Crippen LogP contribution in [0.25, 0.3) is 0 Å². The Morgan fingerprint density at radius 1 is 1.38 bits per heavy atom. The summed E-state index contributed by atoms with van der Waals surface area (Å²) in [6, 6.07) is 0.111. The molecule has 0 aliphatic heterocycles. The van der Waals surface area contributed by atoms with Crippen molar-refractivity contribution in [2.75, 3.05) is 0 Å². The smallest absolute Gasteiger partial charge is 0.0696 e. The molecule has 2 saturated carbocycles. The lowest BCUT2D eigenvalue weighted by atomic mass is 10.1. The standard InChI is InChI=1S/C6H11NO/c7-6-4-1-3(4)2-5(6)8/h3-6,8H,1-2,7H2/t3-,4-,5+,6+/m0/s1. The van der Waals surface area contributed by atoms with Gasteiger partial charge in [0.25, 0.3) is 0 Å². The highest BCUT2D eigenvalue weighted by Crippen LogP contribution is 2.50. The number of fused-ring (bicyclic) bond motifs is 1. The van der Waals surface area contributed by atoms with Gasteiger partial charge in [0, 0.05) is 6.04 Å². The van der Waals surface area contributed by atoms with Gasteiger partial charge in [-0.15, -0.1) is 0 Å². The van der Waals surface area contributed by atoms with Crippen molar-refractivity contribution in [3.63, 3.8) is 0 Å². The van der Waals surface area contributed by atoms with Gasteiger partial charge in [-0.05, 0) is 24.7 Å². The monoisotopic (exact) mass is 113 g/mol. The van der Waals surface area contributed by atoms with Crippen molar-refractivity contribution in [1.82, 2.24) is 0 Å². The van der Waals surface area contributed by atoms with Gasteiger partial charge in [-0.25, -0.2) is 0 Å². The number of nitrogens with two attached hydrogens (primary N) is 1. The van der Waals surface area contributed by atoms with E-state index in [9.17, 15) is 0 Å². The molecule has 2 heteroatoms. The van der Waals surface area contributed by atoms with E-state index in [1.54, 1.807) is 0 Å².